The number of amides is 1. The standard InChI is InChI=1S/C22H24FN3O2S2/c1-12-13(2)30-21-19(12)20(27)24-18(25-21)11-29-14(3)22(28)26(17-7-8-17)10-15-5-4-6-16(23)9-15/h4-6,9,14,17H,7-8,10-11H2,1-3H3,(H,24,25,27). The van der Waals surface area contributed by atoms with Crippen LogP contribution in [0.5, 0.6) is 0 Å². The molecule has 1 aliphatic rings. The molecule has 3 aromatic rings. The van der Waals surface area contributed by atoms with Crippen molar-refractivity contribution in [3.05, 3.63) is 62.3 Å². The molecule has 158 valence electrons. The van der Waals surface area contributed by atoms with Crippen LogP contribution in [0.1, 0.15) is 41.6 Å². The van der Waals surface area contributed by atoms with Crippen molar-refractivity contribution in [3.8, 4) is 0 Å². The van der Waals surface area contributed by atoms with Gasteiger partial charge in [0.1, 0.15) is 16.5 Å². The van der Waals surface area contributed by atoms with Gasteiger partial charge in [-0.1, -0.05) is 12.1 Å². The van der Waals surface area contributed by atoms with Crippen molar-refractivity contribution in [2.75, 3.05) is 0 Å². The van der Waals surface area contributed by atoms with Crippen LogP contribution in [0.3, 0.4) is 0 Å². The number of benzene rings is 1. The summed E-state index contributed by atoms with van der Waals surface area (Å²) in [7, 11) is 0. The maximum Gasteiger partial charge on any atom is 0.259 e. The lowest BCUT2D eigenvalue weighted by Crippen LogP contribution is -2.38. The first-order valence-electron chi connectivity index (χ1n) is 9.99. The molecular formula is C22H24FN3O2S2. The smallest absolute Gasteiger partial charge is 0.259 e. The van der Waals surface area contributed by atoms with Gasteiger partial charge in [0.25, 0.3) is 5.56 Å². The van der Waals surface area contributed by atoms with E-state index in [9.17, 15) is 14.0 Å². The fraction of sp³-hybridized carbons (Fsp3) is 0.409. The summed E-state index contributed by atoms with van der Waals surface area (Å²) in [6.45, 7) is 6.22. The molecular weight excluding hydrogens is 421 g/mol. The van der Waals surface area contributed by atoms with E-state index in [0.29, 0.717) is 23.5 Å². The first kappa shape index (κ1) is 21.1. The summed E-state index contributed by atoms with van der Waals surface area (Å²) < 4.78 is 13.5. The Bertz CT molecular complexity index is 1150. The third kappa shape index (κ3) is 4.44. The Hall–Kier alpha value is -2.19. The molecule has 2 heterocycles. The highest BCUT2D eigenvalue weighted by molar-refractivity contribution is 7.99. The minimum Gasteiger partial charge on any atom is -0.334 e. The quantitative estimate of drug-likeness (QED) is 0.579. The average Bonchev–Trinajstić information content (AvgIpc) is 3.50. The lowest BCUT2D eigenvalue weighted by atomic mass is 10.2. The van der Waals surface area contributed by atoms with Gasteiger partial charge in [-0.2, -0.15) is 0 Å². The first-order chi connectivity index (χ1) is 14.3. The molecule has 5 nitrogen and oxygen atoms in total. The largest absolute Gasteiger partial charge is 0.334 e. The number of rotatable bonds is 7. The molecule has 1 aliphatic carbocycles. The maximum atomic E-state index is 13.5. The number of aromatic amines is 1. The highest BCUT2D eigenvalue weighted by atomic mass is 32.2. The lowest BCUT2D eigenvalue weighted by Gasteiger charge is -2.25. The van der Waals surface area contributed by atoms with Crippen LogP contribution in [0.2, 0.25) is 0 Å². The number of halogens is 1. The number of nitrogens with one attached hydrogen (secondary N) is 1. The number of carbonyl (C=O) groups is 1. The van der Waals surface area contributed by atoms with E-state index in [1.807, 2.05) is 31.7 Å². The number of fused-ring (bicyclic) bond motifs is 1. The fourth-order valence-electron chi connectivity index (χ4n) is 3.48. The van der Waals surface area contributed by atoms with Crippen LogP contribution in [0.4, 0.5) is 4.39 Å². The number of hydrogen-bond donors (Lipinski definition) is 1. The van der Waals surface area contributed by atoms with Gasteiger partial charge in [0.15, 0.2) is 0 Å². The van der Waals surface area contributed by atoms with Gasteiger partial charge in [-0.25, -0.2) is 9.37 Å². The van der Waals surface area contributed by atoms with Gasteiger partial charge in [-0.15, -0.1) is 23.1 Å². The lowest BCUT2D eigenvalue weighted by molar-refractivity contribution is -0.131. The van der Waals surface area contributed by atoms with Crippen molar-refractivity contribution >= 4 is 39.2 Å². The molecule has 2 aromatic heterocycles. The molecule has 0 spiro atoms. The molecule has 0 bridgehead atoms. The number of thioether (sulfide) groups is 1. The zero-order valence-corrected chi connectivity index (χ0v) is 18.8. The third-order valence-corrected chi connectivity index (χ3v) is 7.66. The fourth-order valence-corrected chi connectivity index (χ4v) is 5.35. The van der Waals surface area contributed by atoms with Crippen molar-refractivity contribution in [1.29, 1.82) is 0 Å². The van der Waals surface area contributed by atoms with Crippen LogP contribution in [-0.2, 0) is 17.1 Å². The van der Waals surface area contributed by atoms with E-state index in [1.165, 1.54) is 35.2 Å². The number of nitrogens with zero attached hydrogens (tertiary/aromatic N) is 2. The second-order valence-electron chi connectivity index (χ2n) is 7.76. The van der Waals surface area contributed by atoms with Crippen molar-refractivity contribution in [2.24, 2.45) is 0 Å². The number of aromatic nitrogens is 2. The Morgan fingerprint density at radius 3 is 2.87 bits per heavy atom. The molecule has 0 radical (unpaired) electrons. The van der Waals surface area contributed by atoms with E-state index in [1.54, 1.807) is 6.07 Å². The van der Waals surface area contributed by atoms with Gasteiger partial charge in [-0.05, 0) is 56.9 Å². The summed E-state index contributed by atoms with van der Waals surface area (Å²) in [5.41, 5.74) is 1.65. The monoisotopic (exact) mass is 445 g/mol. The molecule has 1 N–H and O–H groups in total. The second-order valence-corrected chi connectivity index (χ2v) is 10.3. The minimum atomic E-state index is -0.289. The van der Waals surface area contributed by atoms with Gasteiger partial charge >= 0.3 is 0 Å². The predicted molar refractivity (Wildman–Crippen MR) is 120 cm³/mol. The van der Waals surface area contributed by atoms with Crippen LogP contribution >= 0.6 is 23.1 Å². The molecule has 1 amide bonds. The Labute approximate surface area is 182 Å². The molecule has 1 atom stereocenters. The van der Waals surface area contributed by atoms with Crippen molar-refractivity contribution in [1.82, 2.24) is 14.9 Å². The predicted octanol–water partition coefficient (Wildman–Crippen LogP) is 4.55. The summed E-state index contributed by atoms with van der Waals surface area (Å²) >= 11 is 2.98. The molecule has 0 aliphatic heterocycles. The highest BCUT2D eigenvalue weighted by Gasteiger charge is 2.34. The molecule has 4 rings (SSSR count). The average molecular weight is 446 g/mol. The van der Waals surface area contributed by atoms with E-state index in [2.05, 4.69) is 9.97 Å². The van der Waals surface area contributed by atoms with Gasteiger partial charge in [0.05, 0.1) is 16.4 Å². The summed E-state index contributed by atoms with van der Waals surface area (Å²) in [5.74, 6) is 0.786. The van der Waals surface area contributed by atoms with Gasteiger partial charge < -0.3 is 9.88 Å². The number of carbonyl (C=O) groups excluding carboxylic acids is 1. The van der Waals surface area contributed by atoms with Gasteiger partial charge in [-0.3, -0.25) is 9.59 Å². The molecule has 8 heteroatoms. The SMILES string of the molecule is Cc1sc2nc(CSC(C)C(=O)N(Cc3cccc(F)c3)C3CC3)[nH]c(=O)c2c1C. The normalized spacial score (nSPS) is 14.8. The van der Waals surface area contributed by atoms with Crippen LogP contribution < -0.4 is 5.56 Å². The van der Waals surface area contributed by atoms with E-state index in [-0.39, 0.29) is 28.6 Å². The topological polar surface area (TPSA) is 66.1 Å². The van der Waals surface area contributed by atoms with Gasteiger partial charge in [0.2, 0.25) is 5.91 Å². The first-order valence-corrected chi connectivity index (χ1v) is 11.9. The Morgan fingerprint density at radius 1 is 1.40 bits per heavy atom. The van der Waals surface area contributed by atoms with Crippen molar-refractivity contribution < 1.29 is 9.18 Å². The highest BCUT2D eigenvalue weighted by Crippen LogP contribution is 2.31. The molecule has 1 saturated carbocycles. The zero-order chi connectivity index (χ0) is 21.4. The summed E-state index contributed by atoms with van der Waals surface area (Å²) in [5, 5.41) is 0.373. The molecule has 0 saturated heterocycles. The number of thiophene rings is 1. The molecule has 1 unspecified atom stereocenters. The Morgan fingerprint density at radius 2 is 2.17 bits per heavy atom. The van der Waals surface area contributed by atoms with Crippen LogP contribution in [0, 0.1) is 19.7 Å². The summed E-state index contributed by atoms with van der Waals surface area (Å²) in [6, 6.07) is 6.64. The zero-order valence-electron chi connectivity index (χ0n) is 17.2. The van der Waals surface area contributed by atoms with Gasteiger partial charge in [0, 0.05) is 17.5 Å². The molecule has 30 heavy (non-hydrogen) atoms. The van der Waals surface area contributed by atoms with Crippen LogP contribution in [-0.4, -0.2) is 32.1 Å². The Balaban J connectivity index is 1.45. The summed E-state index contributed by atoms with van der Waals surface area (Å²) in [6.07, 6.45) is 1.97. The molecule has 1 fully saturated rings. The second kappa shape index (κ2) is 8.51. The molecule has 1 aromatic carbocycles. The van der Waals surface area contributed by atoms with Crippen LogP contribution in [0.15, 0.2) is 29.1 Å². The van der Waals surface area contributed by atoms with Crippen molar-refractivity contribution in [3.63, 3.8) is 0 Å². The van der Waals surface area contributed by atoms with E-state index >= 15 is 0 Å². The Kier molecular flexibility index (Phi) is 5.97. The van der Waals surface area contributed by atoms with E-state index < -0.39 is 0 Å². The number of aryl methyl sites for hydroxylation is 2. The summed E-state index contributed by atoms with van der Waals surface area (Å²) in [4.78, 5) is 36.7. The number of H-pyrrole nitrogens is 1. The van der Waals surface area contributed by atoms with Crippen molar-refractivity contribution in [2.45, 2.75) is 57.2 Å². The third-order valence-electron chi connectivity index (χ3n) is 5.42. The van der Waals surface area contributed by atoms with E-state index in [0.717, 1.165) is 33.7 Å². The maximum absolute atomic E-state index is 13.5. The van der Waals surface area contributed by atoms with Crippen LogP contribution in [0.25, 0.3) is 10.2 Å². The number of hydrogen-bond acceptors (Lipinski definition) is 5. The van der Waals surface area contributed by atoms with E-state index in [4.69, 9.17) is 0 Å². The minimum absolute atomic E-state index is 0.0398.